The van der Waals surface area contributed by atoms with Crippen LogP contribution in [-0.2, 0) is 21.4 Å². The summed E-state index contributed by atoms with van der Waals surface area (Å²) in [4.78, 5) is 16.8. The van der Waals surface area contributed by atoms with E-state index in [0.717, 1.165) is 41.7 Å². The van der Waals surface area contributed by atoms with Crippen molar-refractivity contribution in [3.05, 3.63) is 53.4 Å². The van der Waals surface area contributed by atoms with Crippen molar-refractivity contribution in [1.82, 2.24) is 14.1 Å². The Labute approximate surface area is 165 Å². The number of likely N-dealkylation sites (N-methyl/N-ethyl adjacent to an activating group) is 1. The molecule has 0 saturated carbocycles. The molecule has 1 aliphatic rings. The minimum atomic E-state index is -3.60. The van der Waals surface area contributed by atoms with Gasteiger partial charge in [0, 0.05) is 39.8 Å². The molecule has 0 spiro atoms. The molecule has 6 nitrogen and oxygen atoms in total. The lowest BCUT2D eigenvalue weighted by atomic mass is 10.2. The van der Waals surface area contributed by atoms with E-state index >= 15 is 0 Å². The molecule has 2 heterocycles. The maximum atomic E-state index is 12.6. The van der Waals surface area contributed by atoms with Crippen LogP contribution < -0.4 is 0 Å². The van der Waals surface area contributed by atoms with Gasteiger partial charge in [-0.25, -0.2) is 8.42 Å². The molecule has 0 atom stereocenters. The summed E-state index contributed by atoms with van der Waals surface area (Å²) in [5, 5.41) is 1.72. The Morgan fingerprint density at radius 2 is 1.85 bits per heavy atom. The number of nitrogens with zero attached hydrogens (tertiary/aromatic N) is 3. The number of amides is 1. The van der Waals surface area contributed by atoms with Gasteiger partial charge in [-0.15, -0.1) is 11.3 Å². The number of carbonyl (C=O) groups excluding carboxylic acids is 1. The van der Waals surface area contributed by atoms with Crippen LogP contribution in [0.15, 0.2) is 52.1 Å². The lowest BCUT2D eigenvalue weighted by molar-refractivity contribution is -0.131. The predicted octanol–water partition coefficient (Wildman–Crippen LogP) is 2.10. The minimum absolute atomic E-state index is 0.126. The fourth-order valence-electron chi connectivity index (χ4n) is 3.16. The summed E-state index contributed by atoms with van der Waals surface area (Å²) < 4.78 is 26.4. The SMILES string of the molecule is CN(CC(=O)N1CCCN(Cc2ccccc2)CC1)S(=O)(=O)c1cccs1. The van der Waals surface area contributed by atoms with Gasteiger partial charge in [0.2, 0.25) is 5.91 Å². The topological polar surface area (TPSA) is 60.9 Å². The molecule has 2 aromatic rings. The van der Waals surface area contributed by atoms with E-state index in [1.165, 1.54) is 12.6 Å². The van der Waals surface area contributed by atoms with Crippen LogP contribution >= 0.6 is 11.3 Å². The van der Waals surface area contributed by atoms with Gasteiger partial charge in [-0.2, -0.15) is 4.31 Å². The molecule has 0 radical (unpaired) electrons. The number of carbonyl (C=O) groups is 1. The highest BCUT2D eigenvalue weighted by Crippen LogP contribution is 2.20. The van der Waals surface area contributed by atoms with E-state index in [9.17, 15) is 13.2 Å². The van der Waals surface area contributed by atoms with Crippen molar-refractivity contribution in [2.45, 2.75) is 17.2 Å². The first-order valence-electron chi connectivity index (χ1n) is 9.01. The maximum Gasteiger partial charge on any atom is 0.252 e. The van der Waals surface area contributed by atoms with Crippen molar-refractivity contribution >= 4 is 27.3 Å². The third kappa shape index (κ3) is 5.16. The van der Waals surface area contributed by atoms with E-state index in [1.54, 1.807) is 22.4 Å². The first-order valence-corrected chi connectivity index (χ1v) is 11.3. The summed E-state index contributed by atoms with van der Waals surface area (Å²) >= 11 is 1.16. The van der Waals surface area contributed by atoms with Gasteiger partial charge in [-0.1, -0.05) is 36.4 Å². The molecule has 1 saturated heterocycles. The molecule has 1 amide bonds. The number of thiophene rings is 1. The monoisotopic (exact) mass is 407 g/mol. The molecule has 27 heavy (non-hydrogen) atoms. The van der Waals surface area contributed by atoms with Crippen molar-refractivity contribution in [1.29, 1.82) is 0 Å². The number of hydrogen-bond acceptors (Lipinski definition) is 5. The molecule has 1 aromatic heterocycles. The molecule has 0 unspecified atom stereocenters. The van der Waals surface area contributed by atoms with Gasteiger partial charge < -0.3 is 4.90 Å². The van der Waals surface area contributed by atoms with E-state index in [-0.39, 0.29) is 16.7 Å². The molecule has 0 N–H and O–H groups in total. The van der Waals surface area contributed by atoms with E-state index in [0.29, 0.717) is 13.1 Å². The van der Waals surface area contributed by atoms with Crippen LogP contribution in [0.4, 0.5) is 0 Å². The second-order valence-corrected chi connectivity index (χ2v) is 9.91. The maximum absolute atomic E-state index is 12.6. The molecule has 1 aromatic carbocycles. The molecule has 0 bridgehead atoms. The Hall–Kier alpha value is -1.74. The van der Waals surface area contributed by atoms with Crippen LogP contribution in [0.1, 0.15) is 12.0 Å². The van der Waals surface area contributed by atoms with Gasteiger partial charge in [-0.3, -0.25) is 9.69 Å². The highest BCUT2D eigenvalue weighted by Gasteiger charge is 2.27. The molecule has 1 aliphatic heterocycles. The van der Waals surface area contributed by atoms with Crippen LogP contribution in [-0.4, -0.2) is 68.2 Å². The quantitative estimate of drug-likeness (QED) is 0.736. The van der Waals surface area contributed by atoms with Crippen molar-refractivity contribution in [2.24, 2.45) is 0 Å². The zero-order valence-electron chi connectivity index (χ0n) is 15.5. The van der Waals surface area contributed by atoms with Crippen molar-refractivity contribution in [2.75, 3.05) is 39.8 Å². The van der Waals surface area contributed by atoms with Gasteiger partial charge in [0.25, 0.3) is 10.0 Å². The second-order valence-electron chi connectivity index (χ2n) is 6.69. The van der Waals surface area contributed by atoms with Gasteiger partial charge in [0.15, 0.2) is 0 Å². The second kappa shape index (κ2) is 8.97. The lowest BCUT2D eigenvalue weighted by Gasteiger charge is -2.24. The van der Waals surface area contributed by atoms with Crippen molar-refractivity contribution in [3.8, 4) is 0 Å². The molecular formula is C19H25N3O3S2. The van der Waals surface area contributed by atoms with Crippen LogP contribution in [0.5, 0.6) is 0 Å². The lowest BCUT2D eigenvalue weighted by Crippen LogP contribution is -2.42. The van der Waals surface area contributed by atoms with Crippen LogP contribution in [0.2, 0.25) is 0 Å². The van der Waals surface area contributed by atoms with Crippen LogP contribution in [0.3, 0.4) is 0 Å². The van der Waals surface area contributed by atoms with Gasteiger partial charge >= 0.3 is 0 Å². The largest absolute Gasteiger partial charge is 0.340 e. The Morgan fingerprint density at radius 3 is 2.56 bits per heavy atom. The predicted molar refractivity (Wildman–Crippen MR) is 107 cm³/mol. The zero-order chi connectivity index (χ0) is 19.3. The number of rotatable bonds is 6. The van der Waals surface area contributed by atoms with Gasteiger partial charge in [0.05, 0.1) is 6.54 Å². The van der Waals surface area contributed by atoms with Crippen LogP contribution in [0.25, 0.3) is 0 Å². The summed E-state index contributed by atoms with van der Waals surface area (Å²) in [7, 11) is -2.13. The average molecular weight is 408 g/mol. The molecule has 3 rings (SSSR count). The Balaban J connectivity index is 1.55. The molecule has 146 valence electrons. The third-order valence-corrected chi connectivity index (χ3v) is 7.88. The Morgan fingerprint density at radius 1 is 1.07 bits per heavy atom. The minimum Gasteiger partial charge on any atom is -0.340 e. The van der Waals surface area contributed by atoms with E-state index in [1.807, 2.05) is 18.2 Å². The first-order chi connectivity index (χ1) is 13.0. The Bertz CT molecular complexity index is 838. The van der Waals surface area contributed by atoms with E-state index < -0.39 is 10.0 Å². The van der Waals surface area contributed by atoms with Gasteiger partial charge in [0.1, 0.15) is 4.21 Å². The third-order valence-electron chi connectivity index (χ3n) is 4.71. The fourth-order valence-corrected chi connectivity index (χ4v) is 5.48. The summed E-state index contributed by atoms with van der Waals surface area (Å²) in [6.07, 6.45) is 0.889. The smallest absolute Gasteiger partial charge is 0.252 e. The highest BCUT2D eigenvalue weighted by atomic mass is 32.2. The standard InChI is InChI=1S/C19H25N3O3S2/c1-20(27(24,25)19-9-5-14-26-19)16-18(23)22-11-6-10-21(12-13-22)15-17-7-3-2-4-8-17/h2-5,7-9,14H,6,10-13,15-16H2,1H3. The summed E-state index contributed by atoms with van der Waals surface area (Å²) in [5.74, 6) is -0.140. The number of sulfonamides is 1. The normalized spacial score (nSPS) is 16.4. The van der Waals surface area contributed by atoms with Crippen molar-refractivity contribution in [3.63, 3.8) is 0 Å². The average Bonchev–Trinajstić information content (AvgIpc) is 3.11. The van der Waals surface area contributed by atoms with Crippen LogP contribution in [0, 0.1) is 0 Å². The molecule has 8 heteroatoms. The summed E-state index contributed by atoms with van der Waals surface area (Å²) in [5.41, 5.74) is 1.26. The Kier molecular flexibility index (Phi) is 6.64. The highest BCUT2D eigenvalue weighted by molar-refractivity contribution is 7.91. The first kappa shape index (κ1) is 20.0. The summed E-state index contributed by atoms with van der Waals surface area (Å²) in [6.45, 7) is 3.76. The summed E-state index contributed by atoms with van der Waals surface area (Å²) in [6, 6.07) is 13.6. The van der Waals surface area contributed by atoms with E-state index in [4.69, 9.17) is 0 Å². The fraction of sp³-hybridized carbons (Fsp3) is 0.421. The van der Waals surface area contributed by atoms with Crippen molar-refractivity contribution < 1.29 is 13.2 Å². The zero-order valence-corrected chi connectivity index (χ0v) is 17.1. The number of benzene rings is 1. The molecule has 0 aliphatic carbocycles. The molecular weight excluding hydrogens is 382 g/mol. The molecule has 1 fully saturated rings. The van der Waals surface area contributed by atoms with E-state index in [2.05, 4.69) is 17.0 Å². The number of hydrogen-bond donors (Lipinski definition) is 0. The van der Waals surface area contributed by atoms with Gasteiger partial charge in [-0.05, 0) is 23.4 Å².